The van der Waals surface area contributed by atoms with Crippen LogP contribution in [-0.2, 0) is 11.2 Å². The highest BCUT2D eigenvalue weighted by molar-refractivity contribution is 5.78. The minimum atomic E-state index is -0.211. The van der Waals surface area contributed by atoms with Crippen molar-refractivity contribution in [2.45, 2.75) is 52.6 Å². The van der Waals surface area contributed by atoms with E-state index in [1.165, 1.54) is 0 Å². The molecule has 1 amide bonds. The van der Waals surface area contributed by atoms with Crippen LogP contribution in [0.15, 0.2) is 53.3 Å². The first-order valence-corrected chi connectivity index (χ1v) is 11.5. The molecule has 0 unspecified atom stereocenters. The molecule has 0 atom stereocenters. The lowest BCUT2D eigenvalue weighted by molar-refractivity contribution is -0.121. The molecule has 0 bridgehead atoms. The molecule has 1 N–H and O–H groups in total. The summed E-state index contributed by atoms with van der Waals surface area (Å²) in [6, 6.07) is 15.7. The largest absolute Gasteiger partial charge is 0.497 e. The molecule has 0 saturated carbocycles. The van der Waals surface area contributed by atoms with Crippen molar-refractivity contribution < 1.29 is 9.53 Å². The SMILES string of the molecule is COc1ccc(-n2c(=O)c(CCC(=O)NCCN(C(C)C)C(C)C)nc3ccccc32)cc1. The summed E-state index contributed by atoms with van der Waals surface area (Å²) < 4.78 is 6.89. The number of nitrogens with zero attached hydrogens (tertiary/aromatic N) is 3. The van der Waals surface area contributed by atoms with Gasteiger partial charge in [-0.2, -0.15) is 0 Å². The fraction of sp³-hybridized carbons (Fsp3) is 0.423. The highest BCUT2D eigenvalue weighted by atomic mass is 16.5. The van der Waals surface area contributed by atoms with Crippen LogP contribution in [0, 0.1) is 0 Å². The van der Waals surface area contributed by atoms with Crippen LogP contribution in [-0.4, -0.2) is 52.6 Å². The number of hydrogen-bond acceptors (Lipinski definition) is 5. The second-order valence-electron chi connectivity index (χ2n) is 8.66. The molecule has 0 aliphatic rings. The Morgan fingerprint density at radius 3 is 2.36 bits per heavy atom. The predicted octanol–water partition coefficient (Wildman–Crippen LogP) is 3.56. The number of aryl methyl sites for hydroxylation is 1. The molecule has 33 heavy (non-hydrogen) atoms. The van der Waals surface area contributed by atoms with E-state index in [1.807, 2.05) is 48.5 Å². The summed E-state index contributed by atoms with van der Waals surface area (Å²) >= 11 is 0. The number of carbonyl (C=O) groups is 1. The van der Waals surface area contributed by atoms with Gasteiger partial charge in [-0.3, -0.25) is 19.1 Å². The van der Waals surface area contributed by atoms with Crippen molar-refractivity contribution in [1.29, 1.82) is 0 Å². The van der Waals surface area contributed by atoms with Gasteiger partial charge in [0.2, 0.25) is 5.91 Å². The van der Waals surface area contributed by atoms with Crippen molar-refractivity contribution in [3.05, 3.63) is 64.6 Å². The zero-order valence-corrected chi connectivity index (χ0v) is 20.2. The van der Waals surface area contributed by atoms with Gasteiger partial charge in [0, 0.05) is 43.7 Å². The number of benzene rings is 2. The van der Waals surface area contributed by atoms with Crippen LogP contribution in [0.3, 0.4) is 0 Å². The summed E-state index contributed by atoms with van der Waals surface area (Å²) in [5.74, 6) is 0.642. The minimum absolute atomic E-state index is 0.0761. The molecule has 0 spiro atoms. The number of methoxy groups -OCH3 is 1. The molecule has 0 radical (unpaired) electrons. The molecular formula is C26H34N4O3. The molecule has 2 aromatic carbocycles. The third-order valence-corrected chi connectivity index (χ3v) is 5.77. The quantitative estimate of drug-likeness (QED) is 0.511. The fourth-order valence-corrected chi connectivity index (χ4v) is 4.09. The maximum atomic E-state index is 13.3. The monoisotopic (exact) mass is 450 g/mol. The van der Waals surface area contributed by atoms with Gasteiger partial charge in [0.15, 0.2) is 0 Å². The van der Waals surface area contributed by atoms with E-state index in [1.54, 1.807) is 11.7 Å². The Kier molecular flexibility index (Phi) is 8.22. The van der Waals surface area contributed by atoms with Crippen molar-refractivity contribution in [3.8, 4) is 11.4 Å². The number of para-hydroxylation sites is 2. The van der Waals surface area contributed by atoms with Crippen LogP contribution in [0.25, 0.3) is 16.7 Å². The van der Waals surface area contributed by atoms with E-state index in [0.717, 1.165) is 23.5 Å². The van der Waals surface area contributed by atoms with Crippen LogP contribution in [0.2, 0.25) is 0 Å². The number of nitrogens with one attached hydrogen (secondary N) is 1. The molecule has 0 aliphatic heterocycles. The normalized spacial score (nSPS) is 11.5. The van der Waals surface area contributed by atoms with E-state index in [9.17, 15) is 9.59 Å². The summed E-state index contributed by atoms with van der Waals surface area (Å²) in [7, 11) is 1.61. The average molecular weight is 451 g/mol. The second kappa shape index (κ2) is 11.1. The maximum absolute atomic E-state index is 13.3. The molecule has 0 fully saturated rings. The number of ether oxygens (including phenoxy) is 1. The van der Waals surface area contributed by atoms with E-state index in [-0.39, 0.29) is 24.3 Å². The van der Waals surface area contributed by atoms with Gasteiger partial charge >= 0.3 is 0 Å². The van der Waals surface area contributed by atoms with Crippen molar-refractivity contribution in [2.75, 3.05) is 20.2 Å². The maximum Gasteiger partial charge on any atom is 0.277 e. The molecule has 0 saturated heterocycles. The van der Waals surface area contributed by atoms with Gasteiger partial charge in [0.05, 0.1) is 18.1 Å². The summed E-state index contributed by atoms with van der Waals surface area (Å²) in [6.07, 6.45) is 0.496. The highest BCUT2D eigenvalue weighted by Crippen LogP contribution is 2.19. The van der Waals surface area contributed by atoms with E-state index in [2.05, 4.69) is 42.9 Å². The molecule has 7 nitrogen and oxygen atoms in total. The zero-order valence-electron chi connectivity index (χ0n) is 20.2. The smallest absolute Gasteiger partial charge is 0.277 e. The van der Waals surface area contributed by atoms with E-state index in [4.69, 9.17) is 4.74 Å². The number of hydrogen-bond donors (Lipinski definition) is 1. The van der Waals surface area contributed by atoms with Gasteiger partial charge in [-0.25, -0.2) is 4.98 Å². The lowest BCUT2D eigenvalue weighted by atomic mass is 10.2. The van der Waals surface area contributed by atoms with Gasteiger partial charge in [-0.1, -0.05) is 12.1 Å². The first-order valence-electron chi connectivity index (χ1n) is 11.5. The molecule has 1 aromatic heterocycles. The number of carbonyl (C=O) groups excluding carboxylic acids is 1. The predicted molar refractivity (Wildman–Crippen MR) is 132 cm³/mol. The van der Waals surface area contributed by atoms with Crippen LogP contribution >= 0.6 is 0 Å². The average Bonchev–Trinajstić information content (AvgIpc) is 2.80. The van der Waals surface area contributed by atoms with Crippen LogP contribution < -0.4 is 15.6 Å². The molecule has 7 heteroatoms. The number of aromatic nitrogens is 2. The first-order chi connectivity index (χ1) is 15.8. The third kappa shape index (κ3) is 5.99. The lowest BCUT2D eigenvalue weighted by Gasteiger charge is -2.30. The van der Waals surface area contributed by atoms with Crippen molar-refractivity contribution in [1.82, 2.24) is 19.8 Å². The molecule has 0 aliphatic carbocycles. The Morgan fingerprint density at radius 2 is 1.73 bits per heavy atom. The van der Waals surface area contributed by atoms with Crippen LogP contribution in [0.4, 0.5) is 0 Å². The molecule has 1 heterocycles. The Hall–Kier alpha value is -3.19. The zero-order chi connectivity index (χ0) is 24.0. The van der Waals surface area contributed by atoms with Crippen molar-refractivity contribution in [2.24, 2.45) is 0 Å². The second-order valence-corrected chi connectivity index (χ2v) is 8.66. The summed E-state index contributed by atoms with van der Waals surface area (Å²) in [5.41, 5.74) is 2.34. The minimum Gasteiger partial charge on any atom is -0.497 e. The summed E-state index contributed by atoms with van der Waals surface area (Å²) in [5, 5.41) is 2.98. The Morgan fingerprint density at radius 1 is 1.06 bits per heavy atom. The van der Waals surface area contributed by atoms with E-state index >= 15 is 0 Å². The van der Waals surface area contributed by atoms with Crippen molar-refractivity contribution in [3.63, 3.8) is 0 Å². The highest BCUT2D eigenvalue weighted by Gasteiger charge is 2.15. The lowest BCUT2D eigenvalue weighted by Crippen LogP contribution is -2.42. The Balaban J connectivity index is 1.76. The van der Waals surface area contributed by atoms with Gasteiger partial charge in [-0.15, -0.1) is 0 Å². The third-order valence-electron chi connectivity index (χ3n) is 5.77. The van der Waals surface area contributed by atoms with Gasteiger partial charge in [-0.05, 0) is 64.1 Å². The van der Waals surface area contributed by atoms with E-state index in [0.29, 0.717) is 29.8 Å². The summed E-state index contributed by atoms with van der Waals surface area (Å²) in [4.78, 5) is 32.7. The molecular weight excluding hydrogens is 416 g/mol. The standard InChI is InChI=1S/C26H34N4O3/c1-18(2)29(19(3)4)17-16-27-25(31)15-14-23-26(32)30(20-10-12-21(33-5)13-11-20)24-9-7-6-8-22(24)28-23/h6-13,18-19H,14-17H2,1-5H3,(H,27,31). The van der Waals surface area contributed by atoms with Crippen LogP contribution in [0.5, 0.6) is 5.75 Å². The van der Waals surface area contributed by atoms with Gasteiger partial charge in [0.1, 0.15) is 11.4 Å². The van der Waals surface area contributed by atoms with Gasteiger partial charge in [0.25, 0.3) is 5.56 Å². The van der Waals surface area contributed by atoms with Crippen LogP contribution in [0.1, 0.15) is 39.8 Å². The topological polar surface area (TPSA) is 76.5 Å². The van der Waals surface area contributed by atoms with E-state index < -0.39 is 0 Å². The number of rotatable bonds is 10. The fourth-order valence-electron chi connectivity index (χ4n) is 4.09. The Labute approximate surface area is 195 Å². The number of amides is 1. The molecule has 3 aromatic rings. The Bertz CT molecular complexity index is 1130. The molecule has 176 valence electrons. The summed E-state index contributed by atoms with van der Waals surface area (Å²) in [6.45, 7) is 9.99. The van der Waals surface area contributed by atoms with Gasteiger partial charge < -0.3 is 10.1 Å². The first kappa shape index (κ1) is 24.5. The number of fused-ring (bicyclic) bond motifs is 1. The van der Waals surface area contributed by atoms with Crippen molar-refractivity contribution >= 4 is 16.9 Å². The molecule has 3 rings (SSSR count).